The van der Waals surface area contributed by atoms with Crippen LogP contribution < -0.4 is 4.72 Å². The minimum atomic E-state index is -3.44. The van der Waals surface area contributed by atoms with Gasteiger partial charge in [-0.25, -0.2) is 13.1 Å². The summed E-state index contributed by atoms with van der Waals surface area (Å²) in [5.74, 6) is 1.47. The van der Waals surface area contributed by atoms with Crippen LogP contribution in [-0.2, 0) is 10.0 Å². The maximum atomic E-state index is 12.5. The van der Waals surface area contributed by atoms with Crippen molar-refractivity contribution >= 4 is 20.8 Å². The van der Waals surface area contributed by atoms with E-state index in [4.69, 9.17) is 0 Å². The van der Waals surface area contributed by atoms with Crippen molar-refractivity contribution in [1.29, 1.82) is 0 Å². The molecule has 0 radical (unpaired) electrons. The maximum Gasteiger partial charge on any atom is 0.240 e. The van der Waals surface area contributed by atoms with Gasteiger partial charge in [-0.05, 0) is 54.1 Å². The van der Waals surface area contributed by atoms with Gasteiger partial charge in [-0.15, -0.1) is 0 Å². The van der Waals surface area contributed by atoms with E-state index in [9.17, 15) is 8.42 Å². The fourth-order valence-electron chi connectivity index (χ4n) is 3.90. The molecule has 2 aromatic carbocycles. The Morgan fingerprint density at radius 3 is 2.44 bits per heavy atom. The highest BCUT2D eigenvalue weighted by atomic mass is 32.2. The number of piperidine rings is 1. The van der Waals surface area contributed by atoms with Gasteiger partial charge in [0.1, 0.15) is 0 Å². The summed E-state index contributed by atoms with van der Waals surface area (Å²) < 4.78 is 27.8. The predicted octanol–water partition coefficient (Wildman–Crippen LogP) is 3.49. The quantitative estimate of drug-likeness (QED) is 0.802. The lowest BCUT2D eigenvalue weighted by molar-refractivity contribution is 0.140. The molecule has 0 unspecified atom stereocenters. The third-order valence-electron chi connectivity index (χ3n) is 4.92. The van der Waals surface area contributed by atoms with Crippen LogP contribution in [0.2, 0.25) is 0 Å². The zero-order chi connectivity index (χ0) is 17.9. The van der Waals surface area contributed by atoms with E-state index in [1.54, 1.807) is 12.1 Å². The molecule has 1 N–H and O–H groups in total. The average molecular weight is 361 g/mol. The van der Waals surface area contributed by atoms with Crippen molar-refractivity contribution in [3.63, 3.8) is 0 Å². The first-order chi connectivity index (χ1) is 11.9. The first-order valence-corrected chi connectivity index (χ1v) is 10.6. The van der Waals surface area contributed by atoms with Crippen molar-refractivity contribution in [2.45, 2.75) is 31.6 Å². The highest BCUT2D eigenvalue weighted by Crippen LogP contribution is 2.21. The summed E-state index contributed by atoms with van der Waals surface area (Å²) in [5.41, 5.74) is 0. The van der Waals surface area contributed by atoms with Crippen molar-refractivity contribution < 1.29 is 8.42 Å². The van der Waals surface area contributed by atoms with Crippen LogP contribution in [-0.4, -0.2) is 39.5 Å². The number of benzene rings is 2. The molecule has 1 fully saturated rings. The van der Waals surface area contributed by atoms with Gasteiger partial charge in [0.05, 0.1) is 4.90 Å². The second kappa shape index (κ2) is 7.85. The van der Waals surface area contributed by atoms with Crippen LogP contribution in [0.15, 0.2) is 47.4 Å². The van der Waals surface area contributed by atoms with Gasteiger partial charge in [0.2, 0.25) is 10.0 Å². The Kier molecular flexibility index (Phi) is 5.77. The van der Waals surface area contributed by atoms with Crippen LogP contribution in [0.1, 0.15) is 26.7 Å². The van der Waals surface area contributed by atoms with E-state index in [-0.39, 0.29) is 0 Å². The van der Waals surface area contributed by atoms with E-state index < -0.39 is 10.0 Å². The fourth-order valence-corrected chi connectivity index (χ4v) is 5.01. The second-order valence-electron chi connectivity index (χ2n) is 7.47. The summed E-state index contributed by atoms with van der Waals surface area (Å²) in [4.78, 5) is 2.80. The van der Waals surface area contributed by atoms with E-state index in [0.717, 1.165) is 48.7 Å². The molecule has 25 heavy (non-hydrogen) atoms. The first-order valence-electron chi connectivity index (χ1n) is 9.15. The summed E-state index contributed by atoms with van der Waals surface area (Å²) in [5, 5.41) is 2.00. The Hall–Kier alpha value is -1.43. The molecule has 1 aliphatic rings. The highest BCUT2D eigenvalue weighted by molar-refractivity contribution is 7.89. The van der Waals surface area contributed by atoms with Gasteiger partial charge >= 0.3 is 0 Å². The number of hydrogen-bond acceptors (Lipinski definition) is 3. The van der Waals surface area contributed by atoms with E-state index >= 15 is 0 Å². The Labute approximate surface area is 151 Å². The van der Waals surface area contributed by atoms with Gasteiger partial charge < -0.3 is 4.90 Å². The molecule has 1 aliphatic heterocycles. The van der Waals surface area contributed by atoms with Crippen LogP contribution in [0.3, 0.4) is 0 Å². The number of sulfonamides is 1. The van der Waals surface area contributed by atoms with Gasteiger partial charge in [0.25, 0.3) is 0 Å². The van der Waals surface area contributed by atoms with Crippen LogP contribution in [0.5, 0.6) is 0 Å². The summed E-state index contributed by atoms with van der Waals surface area (Å²) in [6.45, 7) is 8.28. The molecular weight excluding hydrogens is 332 g/mol. The molecule has 1 heterocycles. The number of nitrogens with one attached hydrogen (secondary N) is 1. The summed E-state index contributed by atoms with van der Waals surface area (Å²) in [6, 6.07) is 13.1. The van der Waals surface area contributed by atoms with Crippen molar-refractivity contribution in [2.24, 2.45) is 11.8 Å². The number of likely N-dealkylation sites (tertiary alicyclic amines) is 1. The topological polar surface area (TPSA) is 49.4 Å². The summed E-state index contributed by atoms with van der Waals surface area (Å²) >= 11 is 0. The molecular formula is C20H28N2O2S. The van der Waals surface area contributed by atoms with Gasteiger partial charge in [-0.3, -0.25) is 0 Å². The molecule has 2 atom stereocenters. The molecule has 5 heteroatoms. The molecule has 2 aromatic rings. The van der Waals surface area contributed by atoms with Crippen molar-refractivity contribution in [2.75, 3.05) is 26.2 Å². The van der Waals surface area contributed by atoms with Crippen molar-refractivity contribution in [1.82, 2.24) is 9.62 Å². The van der Waals surface area contributed by atoms with E-state index in [1.807, 2.05) is 30.3 Å². The molecule has 0 amide bonds. The maximum absolute atomic E-state index is 12.5. The fraction of sp³-hybridized carbons (Fsp3) is 0.500. The zero-order valence-electron chi connectivity index (χ0n) is 15.1. The molecule has 0 spiro atoms. The predicted molar refractivity (Wildman–Crippen MR) is 103 cm³/mol. The molecule has 0 saturated carbocycles. The van der Waals surface area contributed by atoms with E-state index in [2.05, 4.69) is 23.5 Å². The Bertz CT molecular complexity index is 809. The lowest BCUT2D eigenvalue weighted by Gasteiger charge is -2.34. The number of hydrogen-bond donors (Lipinski definition) is 1. The monoisotopic (exact) mass is 360 g/mol. The van der Waals surface area contributed by atoms with Crippen LogP contribution in [0.4, 0.5) is 0 Å². The summed E-state index contributed by atoms with van der Waals surface area (Å²) in [6.07, 6.45) is 2.14. The Morgan fingerprint density at radius 2 is 1.72 bits per heavy atom. The normalized spacial score (nSPS) is 22.3. The molecule has 0 bridgehead atoms. The van der Waals surface area contributed by atoms with Gasteiger partial charge in [-0.1, -0.05) is 44.2 Å². The van der Waals surface area contributed by atoms with Crippen LogP contribution in [0.25, 0.3) is 10.8 Å². The third-order valence-corrected chi connectivity index (χ3v) is 6.38. The summed E-state index contributed by atoms with van der Waals surface area (Å²) in [7, 11) is -3.44. The smallest absolute Gasteiger partial charge is 0.240 e. The Balaban J connectivity index is 1.54. The number of fused-ring (bicyclic) bond motifs is 1. The zero-order valence-corrected chi connectivity index (χ0v) is 15.9. The second-order valence-corrected chi connectivity index (χ2v) is 9.23. The standard InChI is InChI=1S/C20H28N2O2S/c1-16-12-17(2)15-22(14-16)11-5-10-21-25(23,24)20-9-8-18-6-3-4-7-19(18)13-20/h3-4,6-9,13,16-17,21H,5,10-12,14-15H2,1-2H3/t16-,17-/m1/s1. The van der Waals surface area contributed by atoms with Gasteiger partial charge in [-0.2, -0.15) is 0 Å². The highest BCUT2D eigenvalue weighted by Gasteiger charge is 2.21. The number of rotatable bonds is 6. The van der Waals surface area contributed by atoms with Gasteiger partial charge in [0, 0.05) is 19.6 Å². The minimum Gasteiger partial charge on any atom is -0.303 e. The van der Waals surface area contributed by atoms with Crippen molar-refractivity contribution in [3.8, 4) is 0 Å². The van der Waals surface area contributed by atoms with Crippen molar-refractivity contribution in [3.05, 3.63) is 42.5 Å². The molecule has 3 rings (SSSR count). The van der Waals surface area contributed by atoms with Crippen LogP contribution >= 0.6 is 0 Å². The van der Waals surface area contributed by atoms with Crippen LogP contribution in [0, 0.1) is 11.8 Å². The average Bonchev–Trinajstić information content (AvgIpc) is 2.57. The molecule has 4 nitrogen and oxygen atoms in total. The molecule has 0 aromatic heterocycles. The molecule has 136 valence electrons. The SMILES string of the molecule is C[C@@H]1C[C@@H](C)CN(CCCNS(=O)(=O)c2ccc3ccccc3c2)C1. The molecule has 1 saturated heterocycles. The number of nitrogens with zero attached hydrogens (tertiary/aromatic N) is 1. The van der Waals surface area contributed by atoms with Gasteiger partial charge in [0.15, 0.2) is 0 Å². The van der Waals surface area contributed by atoms with E-state index in [1.165, 1.54) is 6.42 Å². The molecule has 0 aliphatic carbocycles. The van der Waals surface area contributed by atoms with E-state index in [0.29, 0.717) is 11.4 Å². The minimum absolute atomic E-state index is 0.339. The third kappa shape index (κ3) is 4.81. The lowest BCUT2D eigenvalue weighted by Crippen LogP contribution is -2.40. The Morgan fingerprint density at radius 1 is 1.04 bits per heavy atom. The largest absolute Gasteiger partial charge is 0.303 e. The lowest BCUT2D eigenvalue weighted by atomic mass is 9.92. The first kappa shape index (κ1) is 18.4.